The van der Waals surface area contributed by atoms with Crippen molar-refractivity contribution in [3.8, 4) is 11.3 Å². The van der Waals surface area contributed by atoms with Crippen LogP contribution in [0.15, 0.2) is 36.4 Å². The smallest absolute Gasteiger partial charge is 0.323 e. The summed E-state index contributed by atoms with van der Waals surface area (Å²) in [6.07, 6.45) is -3.03. The van der Waals surface area contributed by atoms with Crippen molar-refractivity contribution in [2.24, 2.45) is 5.92 Å². The zero-order valence-corrected chi connectivity index (χ0v) is 18.6. The van der Waals surface area contributed by atoms with Crippen LogP contribution >= 0.6 is 11.3 Å². The van der Waals surface area contributed by atoms with E-state index in [9.17, 15) is 27.6 Å². The van der Waals surface area contributed by atoms with Crippen molar-refractivity contribution in [3.63, 3.8) is 0 Å². The largest absolute Gasteiger partial charge is 0.417 e. The van der Waals surface area contributed by atoms with Gasteiger partial charge in [0.1, 0.15) is 12.1 Å². The molecule has 1 saturated carbocycles. The normalized spacial score (nSPS) is 20.6. The van der Waals surface area contributed by atoms with Gasteiger partial charge in [0.25, 0.3) is 5.91 Å². The minimum atomic E-state index is -4.66. The maximum absolute atomic E-state index is 13.8. The van der Waals surface area contributed by atoms with Crippen LogP contribution in [0.3, 0.4) is 0 Å². The van der Waals surface area contributed by atoms with E-state index in [-0.39, 0.29) is 27.1 Å². The molecule has 8 nitrogen and oxygen atoms in total. The highest BCUT2D eigenvalue weighted by Gasteiger charge is 2.56. The number of nitrogens with zero attached hydrogens (tertiary/aromatic N) is 3. The molecule has 1 aliphatic heterocycles. The molecule has 1 aromatic carbocycles. The van der Waals surface area contributed by atoms with Gasteiger partial charge in [0.15, 0.2) is 10.8 Å². The fourth-order valence-corrected chi connectivity index (χ4v) is 4.99. The van der Waals surface area contributed by atoms with Gasteiger partial charge in [-0.05, 0) is 31.7 Å². The number of fused-ring (bicyclic) bond motifs is 1. The summed E-state index contributed by atoms with van der Waals surface area (Å²) in [6, 6.07) is 8.66. The van der Waals surface area contributed by atoms with Crippen LogP contribution in [0.1, 0.15) is 25.3 Å². The fraction of sp³-hybridized carbons (Fsp3) is 0.318. The average Bonchev–Trinajstić information content (AvgIpc) is 3.53. The Hall–Kier alpha value is -3.54. The van der Waals surface area contributed by atoms with Crippen LogP contribution in [0.2, 0.25) is 0 Å². The van der Waals surface area contributed by atoms with Gasteiger partial charge in [0.05, 0.1) is 16.0 Å². The summed E-state index contributed by atoms with van der Waals surface area (Å²) in [6.45, 7) is 1.06. The van der Waals surface area contributed by atoms with E-state index >= 15 is 0 Å². The summed E-state index contributed by atoms with van der Waals surface area (Å²) < 4.78 is 41.1. The number of anilines is 1. The lowest BCUT2D eigenvalue weighted by Crippen LogP contribution is -2.46. The molecule has 2 aromatic heterocycles. The van der Waals surface area contributed by atoms with Gasteiger partial charge in [-0.2, -0.15) is 18.2 Å². The Morgan fingerprint density at radius 1 is 1.24 bits per heavy atom. The van der Waals surface area contributed by atoms with Gasteiger partial charge in [-0.25, -0.2) is 9.78 Å². The van der Waals surface area contributed by atoms with E-state index in [2.05, 4.69) is 20.6 Å². The number of amides is 4. The second-order valence-electron chi connectivity index (χ2n) is 8.44. The third-order valence-corrected chi connectivity index (χ3v) is 6.97. The van der Waals surface area contributed by atoms with Crippen molar-refractivity contribution in [3.05, 3.63) is 42.0 Å². The van der Waals surface area contributed by atoms with Gasteiger partial charge in [-0.1, -0.05) is 41.7 Å². The molecule has 34 heavy (non-hydrogen) atoms. The molecule has 2 fully saturated rings. The quantitative estimate of drug-likeness (QED) is 0.527. The summed E-state index contributed by atoms with van der Waals surface area (Å²) >= 11 is 0.628. The second-order valence-corrected chi connectivity index (χ2v) is 9.44. The molecule has 1 aliphatic carbocycles. The number of nitrogens with one attached hydrogen (secondary N) is 2. The van der Waals surface area contributed by atoms with Gasteiger partial charge < -0.3 is 10.6 Å². The number of thiazole rings is 1. The zero-order valence-electron chi connectivity index (χ0n) is 17.8. The second kappa shape index (κ2) is 7.76. The fourth-order valence-electron chi connectivity index (χ4n) is 4.03. The van der Waals surface area contributed by atoms with E-state index in [1.54, 1.807) is 37.3 Å². The first-order valence-corrected chi connectivity index (χ1v) is 11.3. The third-order valence-electron chi connectivity index (χ3n) is 5.98. The summed E-state index contributed by atoms with van der Waals surface area (Å²) in [5.41, 5.74) is -1.52. The van der Waals surface area contributed by atoms with E-state index in [1.807, 2.05) is 0 Å². The highest BCUT2D eigenvalue weighted by Crippen LogP contribution is 2.43. The van der Waals surface area contributed by atoms with Crippen molar-refractivity contribution in [2.75, 3.05) is 11.9 Å². The predicted octanol–water partition coefficient (Wildman–Crippen LogP) is 4.04. The Morgan fingerprint density at radius 3 is 2.59 bits per heavy atom. The molecule has 3 heterocycles. The van der Waals surface area contributed by atoms with E-state index in [0.717, 1.165) is 23.8 Å². The number of hydrogen-bond acceptors (Lipinski definition) is 6. The molecule has 5 rings (SSSR count). The SMILES string of the molecule is C[C@@]1(C2CC2)NC(=O)N(CC(=O)Nc2nc3nc(-c4ccccc4)cc(C(F)(F)F)c3s2)C1=O. The minimum Gasteiger partial charge on any atom is -0.323 e. The Morgan fingerprint density at radius 2 is 1.94 bits per heavy atom. The number of aromatic nitrogens is 2. The number of carbonyl (C=O) groups is 3. The first-order valence-electron chi connectivity index (χ1n) is 10.4. The number of benzene rings is 1. The number of carbonyl (C=O) groups excluding carboxylic acids is 3. The number of imide groups is 1. The topological polar surface area (TPSA) is 104 Å². The maximum atomic E-state index is 13.8. The van der Waals surface area contributed by atoms with Crippen LogP contribution in [0.25, 0.3) is 21.6 Å². The van der Waals surface area contributed by atoms with E-state index in [1.165, 1.54) is 0 Å². The van der Waals surface area contributed by atoms with Crippen LogP contribution < -0.4 is 10.6 Å². The number of hydrogen-bond donors (Lipinski definition) is 2. The van der Waals surface area contributed by atoms with Crippen molar-refractivity contribution in [1.82, 2.24) is 20.2 Å². The lowest BCUT2D eigenvalue weighted by Gasteiger charge is -2.20. The van der Waals surface area contributed by atoms with Crippen LogP contribution in [0.5, 0.6) is 0 Å². The molecule has 0 radical (unpaired) electrons. The molecule has 0 spiro atoms. The maximum Gasteiger partial charge on any atom is 0.417 e. The molecular formula is C22H18F3N5O3S. The lowest BCUT2D eigenvalue weighted by molar-refractivity contribution is -0.136. The zero-order chi connectivity index (χ0) is 24.3. The number of urea groups is 1. The molecule has 1 atom stereocenters. The third kappa shape index (κ3) is 3.87. The van der Waals surface area contributed by atoms with Crippen molar-refractivity contribution < 1.29 is 27.6 Å². The van der Waals surface area contributed by atoms with E-state index in [4.69, 9.17) is 0 Å². The van der Waals surface area contributed by atoms with Crippen LogP contribution in [0, 0.1) is 5.92 Å². The summed E-state index contributed by atoms with van der Waals surface area (Å²) in [5, 5.41) is 4.92. The Kier molecular flexibility index (Phi) is 5.08. The highest BCUT2D eigenvalue weighted by atomic mass is 32.1. The first-order chi connectivity index (χ1) is 16.1. The number of alkyl halides is 3. The molecule has 12 heteroatoms. The molecule has 4 amide bonds. The molecule has 0 unspecified atom stereocenters. The van der Waals surface area contributed by atoms with Crippen LogP contribution in [-0.4, -0.2) is 44.8 Å². The lowest BCUT2D eigenvalue weighted by atomic mass is 9.96. The van der Waals surface area contributed by atoms with Crippen LogP contribution in [0.4, 0.5) is 23.1 Å². The predicted molar refractivity (Wildman–Crippen MR) is 118 cm³/mol. The van der Waals surface area contributed by atoms with Gasteiger partial charge >= 0.3 is 12.2 Å². The van der Waals surface area contributed by atoms with Gasteiger partial charge in [-0.3, -0.25) is 14.5 Å². The Balaban J connectivity index is 1.40. The van der Waals surface area contributed by atoms with Gasteiger partial charge in [0.2, 0.25) is 5.91 Å². The summed E-state index contributed by atoms with van der Waals surface area (Å²) in [7, 11) is 0. The Labute approximate surface area is 195 Å². The molecule has 1 saturated heterocycles. The monoisotopic (exact) mass is 489 g/mol. The molecule has 176 valence electrons. The van der Waals surface area contributed by atoms with Crippen molar-refractivity contribution >= 4 is 44.7 Å². The van der Waals surface area contributed by atoms with E-state index < -0.39 is 41.7 Å². The van der Waals surface area contributed by atoms with Gasteiger partial charge in [-0.15, -0.1) is 0 Å². The standard InChI is InChI=1S/C22H18F3N5O3S/c1-21(12-7-8-12)18(32)30(20(33)29-21)10-15(31)27-19-28-17-16(34-19)13(22(23,24)25)9-14(26-17)11-5-3-2-4-6-11/h2-6,9,12H,7-8,10H2,1H3,(H,29,33)(H,26,27,28,31)/t21-/m0/s1. The molecule has 2 aliphatic rings. The minimum absolute atomic E-state index is 0.0342. The number of pyridine rings is 1. The van der Waals surface area contributed by atoms with Crippen molar-refractivity contribution in [1.29, 1.82) is 0 Å². The van der Waals surface area contributed by atoms with Crippen molar-refractivity contribution in [2.45, 2.75) is 31.5 Å². The molecule has 0 bridgehead atoms. The number of halogens is 3. The molecule has 2 N–H and O–H groups in total. The number of rotatable bonds is 5. The molecular weight excluding hydrogens is 471 g/mol. The average molecular weight is 489 g/mol. The van der Waals surface area contributed by atoms with Crippen LogP contribution in [-0.2, 0) is 15.8 Å². The first kappa shape index (κ1) is 22.3. The Bertz CT molecular complexity index is 1320. The summed E-state index contributed by atoms with van der Waals surface area (Å²) in [5.74, 6) is -1.21. The van der Waals surface area contributed by atoms with Gasteiger partial charge in [0, 0.05) is 5.56 Å². The highest BCUT2D eigenvalue weighted by molar-refractivity contribution is 7.22. The summed E-state index contributed by atoms with van der Waals surface area (Å²) in [4.78, 5) is 46.6. The molecule has 3 aromatic rings. The van der Waals surface area contributed by atoms with E-state index in [0.29, 0.717) is 16.9 Å².